The van der Waals surface area contributed by atoms with Crippen LogP contribution < -0.4 is 4.90 Å². The lowest BCUT2D eigenvalue weighted by Gasteiger charge is -2.39. The van der Waals surface area contributed by atoms with Crippen molar-refractivity contribution >= 4 is 44.4 Å². The first-order chi connectivity index (χ1) is 17.8. The number of anilines is 1. The van der Waals surface area contributed by atoms with Gasteiger partial charge in [-0.15, -0.1) is 0 Å². The Morgan fingerprint density at radius 3 is 2.53 bits per heavy atom. The molecule has 2 aliphatic rings. The van der Waals surface area contributed by atoms with Crippen molar-refractivity contribution in [2.24, 2.45) is 0 Å². The summed E-state index contributed by atoms with van der Waals surface area (Å²) in [7, 11) is 1.79. The maximum Gasteiger partial charge on any atom is 0.410 e. The predicted molar refractivity (Wildman–Crippen MR) is 152 cm³/mol. The van der Waals surface area contributed by atoms with Crippen molar-refractivity contribution in [3.8, 4) is 6.07 Å². The van der Waals surface area contributed by atoms with Gasteiger partial charge in [-0.3, -0.25) is 4.79 Å². The minimum atomic E-state index is -0.539. The van der Waals surface area contributed by atoms with Gasteiger partial charge >= 0.3 is 6.09 Å². The quantitative estimate of drug-likeness (QED) is 0.375. The van der Waals surface area contributed by atoms with Crippen molar-refractivity contribution in [2.75, 3.05) is 25.0 Å². The highest BCUT2D eigenvalue weighted by molar-refractivity contribution is 9.10. The summed E-state index contributed by atoms with van der Waals surface area (Å²) in [6.45, 7) is 11.2. The molecule has 38 heavy (non-hydrogen) atoms. The Morgan fingerprint density at radius 1 is 1.21 bits per heavy atom. The number of ether oxygens (including phenoxy) is 1. The predicted octanol–water partition coefficient (Wildman–Crippen LogP) is 6.51. The number of nitrogens with one attached hydrogen (secondary N) is 1. The number of nitrogens with zero attached hydrogens (tertiary/aromatic N) is 3. The van der Waals surface area contributed by atoms with Crippen LogP contribution in [0.3, 0.4) is 0 Å². The largest absolute Gasteiger partial charge is 0.444 e. The van der Waals surface area contributed by atoms with Crippen LogP contribution in [0.4, 0.5) is 10.5 Å². The molecule has 1 saturated heterocycles. The van der Waals surface area contributed by atoms with E-state index in [0.29, 0.717) is 29.8 Å². The molecule has 0 atom stereocenters. The standard InChI is InChI=1S/C30H33BrN4O3/c1-29(2,3)38-28(37)34(6)19-9-11-35(12-10-19)24-15-22-21(13-17(24)16-32)26(36)25-20-8-7-18(31)14-23(20)33-27(25)30(22,4)5/h7-8,13-15,19,33H,9-12H2,1-6H3. The molecular formula is C30H33BrN4O3. The topological polar surface area (TPSA) is 89.4 Å². The number of carbonyl (C=O) groups is 2. The molecule has 2 aromatic carbocycles. The number of aromatic nitrogens is 1. The number of halogens is 1. The summed E-state index contributed by atoms with van der Waals surface area (Å²) in [5, 5.41) is 11.0. The summed E-state index contributed by atoms with van der Waals surface area (Å²) >= 11 is 3.53. The Labute approximate surface area is 231 Å². The van der Waals surface area contributed by atoms with Gasteiger partial charge in [0.1, 0.15) is 11.7 Å². The number of benzene rings is 2. The molecule has 0 bridgehead atoms. The lowest BCUT2D eigenvalue weighted by Crippen LogP contribution is -2.47. The summed E-state index contributed by atoms with van der Waals surface area (Å²) in [6, 6.07) is 12.1. The van der Waals surface area contributed by atoms with Crippen LogP contribution in [0.25, 0.3) is 10.9 Å². The summed E-state index contributed by atoms with van der Waals surface area (Å²) < 4.78 is 6.49. The zero-order valence-electron chi connectivity index (χ0n) is 22.7. The van der Waals surface area contributed by atoms with E-state index in [0.717, 1.165) is 45.2 Å². The fourth-order valence-corrected chi connectivity index (χ4v) is 6.13. The summed E-state index contributed by atoms with van der Waals surface area (Å²) in [4.78, 5) is 33.8. The maximum atomic E-state index is 13.8. The molecule has 2 heterocycles. The van der Waals surface area contributed by atoms with Crippen molar-refractivity contribution in [3.05, 3.63) is 62.8 Å². The molecule has 1 aromatic heterocycles. The van der Waals surface area contributed by atoms with Gasteiger partial charge in [0, 0.05) is 58.2 Å². The first-order valence-corrected chi connectivity index (χ1v) is 13.8. The first-order valence-electron chi connectivity index (χ1n) is 13.0. The summed E-state index contributed by atoms with van der Waals surface area (Å²) in [5.74, 6) is -0.0522. The van der Waals surface area contributed by atoms with Crippen LogP contribution in [0.2, 0.25) is 0 Å². The van der Waals surface area contributed by atoms with Gasteiger partial charge in [-0.05, 0) is 63.4 Å². The number of carbonyl (C=O) groups excluding carboxylic acids is 2. The molecule has 0 unspecified atom stereocenters. The molecule has 8 heteroatoms. The Balaban J connectivity index is 1.46. The lowest BCUT2D eigenvalue weighted by molar-refractivity contribution is 0.0201. The Hall–Kier alpha value is -3.31. The van der Waals surface area contributed by atoms with Gasteiger partial charge in [0.25, 0.3) is 0 Å². The maximum absolute atomic E-state index is 13.8. The van der Waals surface area contributed by atoms with E-state index in [4.69, 9.17) is 4.74 Å². The molecule has 7 nitrogen and oxygen atoms in total. The fraction of sp³-hybridized carbons (Fsp3) is 0.433. The summed E-state index contributed by atoms with van der Waals surface area (Å²) in [5.41, 5.74) is 4.35. The second kappa shape index (κ2) is 9.16. The van der Waals surface area contributed by atoms with E-state index >= 15 is 0 Å². The fourth-order valence-electron chi connectivity index (χ4n) is 5.77. The van der Waals surface area contributed by atoms with Crippen LogP contribution >= 0.6 is 15.9 Å². The Bertz CT molecular complexity index is 1500. The highest BCUT2D eigenvalue weighted by Gasteiger charge is 2.41. The van der Waals surface area contributed by atoms with Gasteiger partial charge in [0.2, 0.25) is 0 Å². The highest BCUT2D eigenvalue weighted by atomic mass is 79.9. The van der Waals surface area contributed by atoms with Crippen LogP contribution in [0.1, 0.15) is 80.2 Å². The van der Waals surface area contributed by atoms with E-state index in [1.165, 1.54) is 0 Å². The van der Waals surface area contributed by atoms with Crippen molar-refractivity contribution in [1.29, 1.82) is 5.26 Å². The zero-order valence-corrected chi connectivity index (χ0v) is 24.3. The normalized spacial score (nSPS) is 17.1. The van der Waals surface area contributed by atoms with E-state index in [2.05, 4.69) is 45.7 Å². The Morgan fingerprint density at radius 2 is 1.89 bits per heavy atom. The van der Waals surface area contributed by atoms with Crippen LogP contribution in [0.15, 0.2) is 34.8 Å². The van der Waals surface area contributed by atoms with Gasteiger partial charge in [0.05, 0.1) is 16.8 Å². The third-order valence-corrected chi connectivity index (χ3v) is 8.31. The second-order valence-electron chi connectivity index (χ2n) is 11.9. The molecule has 5 rings (SSSR count). The average Bonchev–Trinajstić information content (AvgIpc) is 3.25. The van der Waals surface area contributed by atoms with Crippen LogP contribution in [-0.4, -0.2) is 53.5 Å². The number of hydrogen-bond acceptors (Lipinski definition) is 5. The number of H-pyrrole nitrogens is 1. The Kier molecular flexibility index (Phi) is 6.34. The number of aromatic amines is 1. The van der Waals surface area contributed by atoms with Crippen molar-refractivity contribution in [2.45, 2.75) is 64.5 Å². The molecule has 0 radical (unpaired) electrons. The monoisotopic (exact) mass is 576 g/mol. The molecule has 1 fully saturated rings. The second-order valence-corrected chi connectivity index (χ2v) is 12.8. The molecule has 1 amide bonds. The van der Waals surface area contributed by atoms with E-state index < -0.39 is 11.0 Å². The summed E-state index contributed by atoms with van der Waals surface area (Å²) in [6.07, 6.45) is 1.21. The SMILES string of the molecule is CN(C(=O)OC(C)(C)C)C1CCN(c2cc3c(cc2C#N)C(=O)c2c([nH]c4cc(Br)ccc24)C3(C)C)CC1. The van der Waals surface area contributed by atoms with E-state index in [1.807, 2.05) is 45.0 Å². The van der Waals surface area contributed by atoms with Crippen molar-refractivity contribution in [3.63, 3.8) is 0 Å². The van der Waals surface area contributed by atoms with E-state index in [9.17, 15) is 14.9 Å². The molecule has 198 valence electrons. The van der Waals surface area contributed by atoms with Crippen LogP contribution in [0, 0.1) is 11.3 Å². The third-order valence-electron chi connectivity index (χ3n) is 7.82. The van der Waals surface area contributed by atoms with Crippen LogP contribution in [0.5, 0.6) is 0 Å². The number of amides is 1. The highest BCUT2D eigenvalue weighted by Crippen LogP contribution is 2.46. The number of hydrogen-bond donors (Lipinski definition) is 1. The molecule has 0 spiro atoms. The first kappa shape index (κ1) is 26.3. The van der Waals surface area contributed by atoms with Crippen LogP contribution in [-0.2, 0) is 10.2 Å². The van der Waals surface area contributed by atoms with Crippen molar-refractivity contribution < 1.29 is 14.3 Å². The van der Waals surface area contributed by atoms with Gasteiger partial charge < -0.3 is 19.5 Å². The van der Waals surface area contributed by atoms with Crippen molar-refractivity contribution in [1.82, 2.24) is 9.88 Å². The van der Waals surface area contributed by atoms with E-state index in [-0.39, 0.29) is 17.9 Å². The molecule has 1 aliphatic heterocycles. The smallest absolute Gasteiger partial charge is 0.410 e. The molecule has 1 N–H and O–H groups in total. The molecule has 3 aromatic rings. The average molecular weight is 578 g/mol. The molecular weight excluding hydrogens is 544 g/mol. The van der Waals surface area contributed by atoms with Gasteiger partial charge in [0.15, 0.2) is 5.78 Å². The minimum absolute atomic E-state index is 0.0522. The van der Waals surface area contributed by atoms with Gasteiger partial charge in [-0.25, -0.2) is 4.79 Å². The van der Waals surface area contributed by atoms with Gasteiger partial charge in [-0.1, -0.05) is 35.8 Å². The minimum Gasteiger partial charge on any atom is -0.444 e. The number of nitriles is 1. The zero-order chi connectivity index (χ0) is 27.6. The number of piperidine rings is 1. The van der Waals surface area contributed by atoms with E-state index in [1.54, 1.807) is 18.0 Å². The molecule has 1 aliphatic carbocycles. The van der Waals surface area contributed by atoms with Gasteiger partial charge in [-0.2, -0.15) is 5.26 Å². The molecule has 0 saturated carbocycles. The third kappa shape index (κ3) is 4.37. The number of ketones is 1. The number of fused-ring (bicyclic) bond motifs is 4. The number of rotatable bonds is 2. The lowest BCUT2D eigenvalue weighted by atomic mass is 9.70.